The standard InChI is InChI=1S/C25H29N3/c1-6-26-22-13-7-19(8-14-22)25(20-9-15-23(16-10-20)27(2)3)21-11-17-24(18-12-21)28(4)5/h6-18,23H,1-5H3. The number of aliphatic imine (C=N–C) groups is 1. The monoisotopic (exact) mass is 371 g/mol. The van der Waals surface area contributed by atoms with Crippen molar-refractivity contribution in [2.75, 3.05) is 33.1 Å². The first-order valence-electron chi connectivity index (χ1n) is 9.63. The van der Waals surface area contributed by atoms with Crippen molar-refractivity contribution in [1.82, 2.24) is 4.90 Å². The number of allylic oxidation sites excluding steroid dienone is 3. The second-order valence-electron chi connectivity index (χ2n) is 7.38. The van der Waals surface area contributed by atoms with Gasteiger partial charge in [-0.1, -0.05) is 48.6 Å². The summed E-state index contributed by atoms with van der Waals surface area (Å²) in [4.78, 5) is 8.70. The molecule has 0 saturated heterocycles. The Labute approximate surface area is 169 Å². The molecular formula is C25H29N3. The van der Waals surface area contributed by atoms with E-state index in [4.69, 9.17) is 0 Å². The van der Waals surface area contributed by atoms with E-state index in [-0.39, 0.29) is 0 Å². The number of rotatable bonds is 5. The van der Waals surface area contributed by atoms with Crippen LogP contribution in [-0.2, 0) is 0 Å². The van der Waals surface area contributed by atoms with Crippen LogP contribution in [0.25, 0.3) is 5.57 Å². The highest BCUT2D eigenvalue weighted by atomic mass is 15.1. The lowest BCUT2D eigenvalue weighted by Crippen LogP contribution is -2.24. The fourth-order valence-electron chi connectivity index (χ4n) is 3.32. The molecule has 0 amide bonds. The SMILES string of the molecule is CC=Nc1ccc(C(=C2C=CC(N(C)C)C=C2)c2ccc(N(C)C)cc2)cc1. The Morgan fingerprint density at radius 2 is 1.36 bits per heavy atom. The van der Waals surface area contributed by atoms with Gasteiger partial charge < -0.3 is 4.90 Å². The highest BCUT2D eigenvalue weighted by molar-refractivity contribution is 5.86. The van der Waals surface area contributed by atoms with Crippen LogP contribution in [-0.4, -0.2) is 45.3 Å². The van der Waals surface area contributed by atoms with E-state index in [1.54, 1.807) is 0 Å². The van der Waals surface area contributed by atoms with Crippen LogP contribution >= 0.6 is 0 Å². The Morgan fingerprint density at radius 1 is 0.821 bits per heavy atom. The van der Waals surface area contributed by atoms with Gasteiger partial charge in [-0.25, -0.2) is 0 Å². The normalized spacial score (nSPS) is 16.2. The molecule has 0 atom stereocenters. The molecule has 0 N–H and O–H groups in total. The Hall–Kier alpha value is -2.91. The number of nitrogens with zero attached hydrogens (tertiary/aromatic N) is 3. The van der Waals surface area contributed by atoms with Gasteiger partial charge in [-0.15, -0.1) is 0 Å². The van der Waals surface area contributed by atoms with Gasteiger partial charge in [0.1, 0.15) is 0 Å². The summed E-state index contributed by atoms with van der Waals surface area (Å²) in [5.74, 6) is 0. The summed E-state index contributed by atoms with van der Waals surface area (Å²) in [7, 11) is 8.33. The van der Waals surface area contributed by atoms with Crippen LogP contribution in [0.1, 0.15) is 18.1 Å². The van der Waals surface area contributed by atoms with Crippen molar-refractivity contribution in [1.29, 1.82) is 0 Å². The Bertz CT molecular complexity index is 895. The molecule has 0 heterocycles. The molecule has 2 aromatic rings. The molecule has 0 radical (unpaired) electrons. The van der Waals surface area contributed by atoms with Crippen molar-refractivity contribution in [2.24, 2.45) is 4.99 Å². The van der Waals surface area contributed by atoms with Crippen LogP contribution < -0.4 is 4.90 Å². The first-order valence-corrected chi connectivity index (χ1v) is 9.63. The minimum absolute atomic E-state index is 0.336. The first-order chi connectivity index (χ1) is 13.5. The summed E-state index contributed by atoms with van der Waals surface area (Å²) < 4.78 is 0. The molecule has 0 fully saturated rings. The van der Waals surface area contributed by atoms with E-state index in [9.17, 15) is 0 Å². The van der Waals surface area contributed by atoms with Crippen molar-refractivity contribution in [3.8, 4) is 0 Å². The van der Waals surface area contributed by atoms with Crippen molar-refractivity contribution in [3.05, 3.63) is 89.5 Å². The molecule has 3 heteroatoms. The average Bonchev–Trinajstić information content (AvgIpc) is 2.70. The van der Waals surface area contributed by atoms with Gasteiger partial charge in [-0.2, -0.15) is 0 Å². The van der Waals surface area contributed by atoms with Gasteiger partial charge in [0.2, 0.25) is 0 Å². The quantitative estimate of drug-likeness (QED) is 0.661. The maximum absolute atomic E-state index is 4.37. The smallest absolute Gasteiger partial charge is 0.0625 e. The molecule has 0 spiro atoms. The molecule has 144 valence electrons. The Kier molecular flexibility index (Phi) is 6.27. The number of hydrogen-bond acceptors (Lipinski definition) is 3. The van der Waals surface area contributed by atoms with Gasteiger partial charge in [0.25, 0.3) is 0 Å². The van der Waals surface area contributed by atoms with Crippen LogP contribution in [0.3, 0.4) is 0 Å². The maximum atomic E-state index is 4.37. The molecule has 3 rings (SSSR count). The molecule has 0 aliphatic heterocycles. The first kappa shape index (κ1) is 19.8. The third-order valence-electron chi connectivity index (χ3n) is 4.94. The van der Waals surface area contributed by atoms with E-state index >= 15 is 0 Å². The van der Waals surface area contributed by atoms with Gasteiger partial charge >= 0.3 is 0 Å². The topological polar surface area (TPSA) is 18.8 Å². The van der Waals surface area contributed by atoms with Crippen LogP contribution in [0.5, 0.6) is 0 Å². The van der Waals surface area contributed by atoms with Gasteiger partial charge in [0.05, 0.1) is 5.69 Å². The third-order valence-corrected chi connectivity index (χ3v) is 4.94. The molecule has 28 heavy (non-hydrogen) atoms. The fourth-order valence-corrected chi connectivity index (χ4v) is 3.32. The minimum Gasteiger partial charge on any atom is -0.378 e. The van der Waals surface area contributed by atoms with E-state index in [0.717, 1.165) is 5.69 Å². The molecule has 0 unspecified atom stereocenters. The second kappa shape index (κ2) is 8.85. The molecule has 1 aliphatic carbocycles. The van der Waals surface area contributed by atoms with E-state index < -0.39 is 0 Å². The van der Waals surface area contributed by atoms with Crippen LogP contribution in [0.2, 0.25) is 0 Å². The molecule has 2 aromatic carbocycles. The van der Waals surface area contributed by atoms with E-state index in [2.05, 4.69) is 116 Å². The number of benzene rings is 2. The van der Waals surface area contributed by atoms with E-state index in [0.29, 0.717) is 6.04 Å². The number of likely N-dealkylation sites (N-methyl/N-ethyl adjacent to an activating group) is 1. The van der Waals surface area contributed by atoms with Gasteiger partial charge in [-0.3, -0.25) is 9.89 Å². The summed E-state index contributed by atoms with van der Waals surface area (Å²) >= 11 is 0. The fraction of sp³-hybridized carbons (Fsp3) is 0.240. The van der Waals surface area contributed by atoms with Crippen LogP contribution in [0, 0.1) is 0 Å². The minimum atomic E-state index is 0.336. The zero-order valence-electron chi connectivity index (χ0n) is 17.4. The van der Waals surface area contributed by atoms with Crippen molar-refractivity contribution >= 4 is 23.2 Å². The summed E-state index contributed by atoms with van der Waals surface area (Å²) in [6.45, 7) is 1.94. The van der Waals surface area contributed by atoms with Crippen molar-refractivity contribution in [3.63, 3.8) is 0 Å². The van der Waals surface area contributed by atoms with Crippen LogP contribution in [0.15, 0.2) is 83.4 Å². The summed E-state index contributed by atoms with van der Waals surface area (Å²) in [5, 5.41) is 0. The molecule has 0 saturated carbocycles. The lowest BCUT2D eigenvalue weighted by Gasteiger charge is -2.22. The van der Waals surface area contributed by atoms with Crippen molar-refractivity contribution in [2.45, 2.75) is 13.0 Å². The van der Waals surface area contributed by atoms with Gasteiger partial charge in [-0.05, 0) is 67.6 Å². The average molecular weight is 372 g/mol. The predicted octanol–water partition coefficient (Wildman–Crippen LogP) is 5.33. The molecule has 0 aromatic heterocycles. The van der Waals surface area contributed by atoms with E-state index in [1.165, 1.54) is 28.0 Å². The Morgan fingerprint density at radius 3 is 1.82 bits per heavy atom. The van der Waals surface area contributed by atoms with Crippen LogP contribution in [0.4, 0.5) is 11.4 Å². The number of hydrogen-bond donors (Lipinski definition) is 0. The second-order valence-corrected chi connectivity index (χ2v) is 7.38. The zero-order valence-corrected chi connectivity index (χ0v) is 17.4. The maximum Gasteiger partial charge on any atom is 0.0625 e. The summed E-state index contributed by atoms with van der Waals surface area (Å²) in [6.07, 6.45) is 10.8. The largest absolute Gasteiger partial charge is 0.378 e. The molecule has 3 nitrogen and oxygen atoms in total. The molecular weight excluding hydrogens is 342 g/mol. The highest BCUT2D eigenvalue weighted by Crippen LogP contribution is 2.32. The van der Waals surface area contributed by atoms with Crippen molar-refractivity contribution < 1.29 is 0 Å². The summed E-state index contributed by atoms with van der Waals surface area (Å²) in [6, 6.07) is 17.5. The molecule has 1 aliphatic rings. The predicted molar refractivity (Wildman–Crippen MR) is 123 cm³/mol. The molecule has 0 bridgehead atoms. The van der Waals surface area contributed by atoms with Gasteiger partial charge in [0.15, 0.2) is 0 Å². The van der Waals surface area contributed by atoms with Gasteiger partial charge in [0, 0.05) is 32.0 Å². The lowest BCUT2D eigenvalue weighted by atomic mass is 9.90. The highest BCUT2D eigenvalue weighted by Gasteiger charge is 2.14. The number of anilines is 1. The third kappa shape index (κ3) is 4.49. The summed E-state index contributed by atoms with van der Waals surface area (Å²) in [5.41, 5.74) is 7.04. The Balaban J connectivity index is 2.08. The zero-order chi connectivity index (χ0) is 20.1. The van der Waals surface area contributed by atoms with E-state index in [1.807, 2.05) is 13.1 Å². The lowest BCUT2D eigenvalue weighted by molar-refractivity contribution is 0.390.